The number of rotatable bonds is 3. The van der Waals surface area contributed by atoms with Gasteiger partial charge in [0.2, 0.25) is 0 Å². The number of aliphatic imine (C=N–C) groups is 1. The number of thioether (sulfide) groups is 1. The van der Waals surface area contributed by atoms with Crippen LogP contribution in [0.4, 0.5) is 0 Å². The largest absolute Gasteiger partial charge is 0.370 e. The number of nitrogens with zero attached hydrogens (tertiary/aromatic N) is 5. The summed E-state index contributed by atoms with van der Waals surface area (Å²) in [4.78, 5) is 6.71. The zero-order valence-electron chi connectivity index (χ0n) is 12.9. The van der Waals surface area contributed by atoms with Crippen molar-refractivity contribution in [1.29, 1.82) is 0 Å². The summed E-state index contributed by atoms with van der Waals surface area (Å²) in [6, 6.07) is 0. The Hall–Kier alpha value is -0.510. The topological polar surface area (TPSA) is 72.3 Å². The minimum absolute atomic E-state index is 0. The maximum Gasteiger partial charge on any atom is 0.191 e. The first-order valence-electron chi connectivity index (χ1n) is 7.88. The van der Waals surface area contributed by atoms with Gasteiger partial charge in [0, 0.05) is 50.5 Å². The van der Waals surface area contributed by atoms with Crippen LogP contribution in [0.5, 0.6) is 0 Å². The Morgan fingerprint density at radius 2 is 1.95 bits per heavy atom. The van der Waals surface area contributed by atoms with Gasteiger partial charge in [0.1, 0.15) is 11.6 Å². The summed E-state index contributed by atoms with van der Waals surface area (Å²) >= 11 is 1.98. The second-order valence-electron chi connectivity index (χ2n) is 5.58. The van der Waals surface area contributed by atoms with Gasteiger partial charge in [0.25, 0.3) is 0 Å². The van der Waals surface area contributed by atoms with Crippen LogP contribution in [-0.4, -0.2) is 56.8 Å². The molecule has 2 N–H and O–H groups in total. The molecule has 6 nitrogen and oxygen atoms in total. The van der Waals surface area contributed by atoms with Crippen LogP contribution in [-0.2, 0) is 19.4 Å². The molecular weight excluding hydrogens is 411 g/mol. The summed E-state index contributed by atoms with van der Waals surface area (Å²) in [5.74, 6) is 5.19. The standard InChI is InChI=1S/C14H24N6S.HI/c15-14(19-8-10-21-11-9-19)16-6-5-13-18-17-12-4-2-1-3-7-20(12)13;/h1-11H2,(H2,15,16);1H. The monoisotopic (exact) mass is 436 g/mol. The van der Waals surface area contributed by atoms with Gasteiger partial charge in [0.15, 0.2) is 5.96 Å². The Morgan fingerprint density at radius 1 is 1.14 bits per heavy atom. The van der Waals surface area contributed by atoms with Crippen molar-refractivity contribution in [2.45, 2.75) is 38.6 Å². The van der Waals surface area contributed by atoms with Crippen LogP contribution in [0.1, 0.15) is 30.9 Å². The lowest BCUT2D eigenvalue weighted by Gasteiger charge is -2.27. The van der Waals surface area contributed by atoms with Crippen molar-refractivity contribution in [2.75, 3.05) is 31.1 Å². The van der Waals surface area contributed by atoms with E-state index in [4.69, 9.17) is 5.73 Å². The summed E-state index contributed by atoms with van der Waals surface area (Å²) in [7, 11) is 0. The van der Waals surface area contributed by atoms with Crippen LogP contribution >= 0.6 is 35.7 Å². The highest BCUT2D eigenvalue weighted by atomic mass is 127. The SMILES string of the molecule is I.NC(=NCCc1nnc2n1CCCCC2)N1CCSCC1. The number of fused-ring (bicyclic) bond motifs is 1. The average molecular weight is 436 g/mol. The molecule has 2 aliphatic heterocycles. The fourth-order valence-corrected chi connectivity index (χ4v) is 3.80. The second-order valence-corrected chi connectivity index (χ2v) is 6.81. The third-order valence-electron chi connectivity index (χ3n) is 4.13. The van der Waals surface area contributed by atoms with E-state index in [1.165, 1.54) is 19.3 Å². The molecule has 0 radical (unpaired) electrons. The molecule has 3 rings (SSSR count). The fourth-order valence-electron chi connectivity index (χ4n) is 2.89. The van der Waals surface area contributed by atoms with Gasteiger partial charge in [-0.25, -0.2) is 0 Å². The molecule has 3 heterocycles. The van der Waals surface area contributed by atoms with Gasteiger partial charge in [0.05, 0.1) is 0 Å². The molecule has 0 aliphatic carbocycles. The Balaban J connectivity index is 0.00000176. The lowest BCUT2D eigenvalue weighted by atomic mass is 10.2. The molecule has 22 heavy (non-hydrogen) atoms. The molecule has 2 aliphatic rings. The zero-order chi connectivity index (χ0) is 14.5. The molecule has 0 unspecified atom stereocenters. The molecule has 1 fully saturated rings. The van der Waals surface area contributed by atoms with Crippen molar-refractivity contribution in [2.24, 2.45) is 10.7 Å². The molecule has 0 amide bonds. The highest BCUT2D eigenvalue weighted by Gasteiger charge is 2.15. The quantitative estimate of drug-likeness (QED) is 0.442. The summed E-state index contributed by atoms with van der Waals surface area (Å²) in [5.41, 5.74) is 6.07. The number of aromatic nitrogens is 3. The first-order chi connectivity index (χ1) is 10.3. The van der Waals surface area contributed by atoms with Crippen molar-refractivity contribution in [3.8, 4) is 0 Å². The first-order valence-corrected chi connectivity index (χ1v) is 9.03. The van der Waals surface area contributed by atoms with Gasteiger partial charge in [-0.15, -0.1) is 34.2 Å². The van der Waals surface area contributed by atoms with Gasteiger partial charge in [-0.2, -0.15) is 11.8 Å². The lowest BCUT2D eigenvalue weighted by Crippen LogP contribution is -2.42. The van der Waals surface area contributed by atoms with Gasteiger partial charge >= 0.3 is 0 Å². The Labute approximate surface area is 153 Å². The van der Waals surface area contributed by atoms with Crippen LogP contribution in [0.3, 0.4) is 0 Å². The van der Waals surface area contributed by atoms with Gasteiger partial charge in [-0.05, 0) is 12.8 Å². The first kappa shape index (κ1) is 17.8. The minimum Gasteiger partial charge on any atom is -0.370 e. The number of aryl methyl sites for hydroxylation is 1. The normalized spacial score (nSPS) is 19.3. The van der Waals surface area contributed by atoms with Crippen molar-refractivity contribution in [3.63, 3.8) is 0 Å². The van der Waals surface area contributed by atoms with E-state index >= 15 is 0 Å². The maximum atomic E-state index is 6.07. The van der Waals surface area contributed by atoms with E-state index in [2.05, 4.69) is 24.7 Å². The number of guanidine groups is 1. The van der Waals surface area contributed by atoms with Gasteiger partial charge in [-0.3, -0.25) is 4.99 Å². The number of hydrogen-bond donors (Lipinski definition) is 1. The molecule has 0 bridgehead atoms. The molecule has 0 atom stereocenters. The van der Waals surface area contributed by atoms with E-state index < -0.39 is 0 Å². The van der Waals surface area contributed by atoms with Gasteiger partial charge in [-0.1, -0.05) is 6.42 Å². The van der Waals surface area contributed by atoms with E-state index in [0.29, 0.717) is 12.5 Å². The predicted octanol–water partition coefficient (Wildman–Crippen LogP) is 1.53. The Bertz CT molecular complexity index is 498. The van der Waals surface area contributed by atoms with Crippen molar-refractivity contribution in [3.05, 3.63) is 11.6 Å². The smallest absolute Gasteiger partial charge is 0.191 e. The second kappa shape index (κ2) is 8.95. The Morgan fingerprint density at radius 3 is 2.77 bits per heavy atom. The third-order valence-corrected chi connectivity index (χ3v) is 5.07. The van der Waals surface area contributed by atoms with Crippen molar-refractivity contribution < 1.29 is 0 Å². The summed E-state index contributed by atoms with van der Waals surface area (Å²) in [6.07, 6.45) is 5.64. The van der Waals surface area contributed by atoms with Crippen LogP contribution in [0.2, 0.25) is 0 Å². The molecule has 1 aromatic rings. The molecule has 1 saturated heterocycles. The average Bonchev–Trinajstić information content (AvgIpc) is 2.76. The van der Waals surface area contributed by atoms with E-state index in [1.807, 2.05) is 11.8 Å². The molecule has 0 spiro atoms. The van der Waals surface area contributed by atoms with E-state index in [1.54, 1.807) is 0 Å². The minimum atomic E-state index is 0. The van der Waals surface area contributed by atoms with E-state index in [9.17, 15) is 0 Å². The number of halogens is 1. The fraction of sp³-hybridized carbons (Fsp3) is 0.786. The lowest BCUT2D eigenvalue weighted by molar-refractivity contribution is 0.455. The van der Waals surface area contributed by atoms with Crippen LogP contribution < -0.4 is 5.73 Å². The highest BCUT2D eigenvalue weighted by Crippen LogP contribution is 2.14. The van der Waals surface area contributed by atoms with Crippen molar-refractivity contribution in [1.82, 2.24) is 19.7 Å². The van der Waals surface area contributed by atoms with Gasteiger partial charge < -0.3 is 15.2 Å². The van der Waals surface area contributed by atoms with E-state index in [0.717, 1.165) is 55.6 Å². The number of hydrogen-bond acceptors (Lipinski definition) is 4. The number of nitrogens with two attached hydrogens (primary N) is 1. The molecule has 0 saturated carbocycles. The Kier molecular flexibility index (Phi) is 7.26. The summed E-state index contributed by atoms with van der Waals surface area (Å²) in [6.45, 7) is 3.79. The third kappa shape index (κ3) is 4.50. The highest BCUT2D eigenvalue weighted by molar-refractivity contribution is 14.0. The van der Waals surface area contributed by atoms with Crippen LogP contribution in [0.15, 0.2) is 4.99 Å². The molecule has 0 aromatic carbocycles. The maximum absolute atomic E-state index is 6.07. The summed E-state index contributed by atoms with van der Waals surface area (Å²) in [5, 5.41) is 8.66. The molecule has 1 aromatic heterocycles. The van der Waals surface area contributed by atoms with Crippen LogP contribution in [0.25, 0.3) is 0 Å². The molecular formula is C14H25IN6S. The predicted molar refractivity (Wildman–Crippen MR) is 102 cm³/mol. The van der Waals surface area contributed by atoms with E-state index in [-0.39, 0.29) is 24.0 Å². The molecule has 8 heteroatoms. The molecule has 124 valence electrons. The van der Waals surface area contributed by atoms with Crippen LogP contribution in [0, 0.1) is 0 Å². The zero-order valence-corrected chi connectivity index (χ0v) is 16.1. The van der Waals surface area contributed by atoms with Crippen molar-refractivity contribution >= 4 is 41.7 Å². The summed E-state index contributed by atoms with van der Waals surface area (Å²) < 4.78 is 2.29.